The third kappa shape index (κ3) is 3.73. The Morgan fingerprint density at radius 2 is 1.91 bits per heavy atom. The molecule has 1 saturated heterocycles. The van der Waals surface area contributed by atoms with Crippen LogP contribution >= 0.6 is 0 Å². The van der Waals surface area contributed by atoms with Crippen molar-refractivity contribution < 1.29 is 18.3 Å². The van der Waals surface area contributed by atoms with Crippen molar-refractivity contribution >= 4 is 21.6 Å². The van der Waals surface area contributed by atoms with E-state index in [4.69, 9.17) is 0 Å². The van der Waals surface area contributed by atoms with Gasteiger partial charge in [0.15, 0.2) is 0 Å². The first kappa shape index (κ1) is 17.9. The number of hydrogen-bond donors (Lipinski definition) is 1. The summed E-state index contributed by atoms with van der Waals surface area (Å²) < 4.78 is 27.1. The van der Waals surface area contributed by atoms with Gasteiger partial charge in [-0.1, -0.05) is 0 Å². The molecule has 0 spiro atoms. The van der Waals surface area contributed by atoms with Gasteiger partial charge in [0.25, 0.3) is 0 Å². The average molecular weight is 340 g/mol. The minimum Gasteiger partial charge on any atom is -0.396 e. The Kier molecular flexibility index (Phi) is 5.44. The predicted molar refractivity (Wildman–Crippen MR) is 88.7 cm³/mol. The Bertz CT molecular complexity index is 657. The minimum absolute atomic E-state index is 0.00108. The number of carbonyl (C=O) groups excluding carboxylic acids is 1. The zero-order chi connectivity index (χ0) is 17.2. The van der Waals surface area contributed by atoms with Crippen LogP contribution in [-0.2, 0) is 14.8 Å². The number of aliphatic hydroxyl groups is 1. The summed E-state index contributed by atoms with van der Waals surface area (Å²) in [5.74, 6) is -0.125. The van der Waals surface area contributed by atoms with Crippen molar-refractivity contribution in [3.8, 4) is 0 Å². The van der Waals surface area contributed by atoms with Gasteiger partial charge in [-0.3, -0.25) is 4.79 Å². The van der Waals surface area contributed by atoms with Crippen LogP contribution in [-0.4, -0.2) is 50.0 Å². The minimum atomic E-state index is -3.60. The predicted octanol–water partition coefficient (Wildman–Crippen LogP) is 1.45. The van der Waals surface area contributed by atoms with Crippen LogP contribution in [0.4, 0.5) is 5.69 Å². The fourth-order valence-corrected chi connectivity index (χ4v) is 4.53. The molecule has 0 unspecified atom stereocenters. The SMILES string of the molecule is CC(=O)N(C)c1ccc(S(=O)(=O)N2C[C@H](CO)CC[C@@H]2C)cc1. The number of rotatable bonds is 4. The van der Waals surface area contributed by atoms with Crippen LogP contribution < -0.4 is 4.90 Å². The van der Waals surface area contributed by atoms with Crippen molar-refractivity contribution in [2.75, 3.05) is 25.1 Å². The number of amides is 1. The second-order valence-corrected chi connectivity index (χ2v) is 8.01. The molecule has 23 heavy (non-hydrogen) atoms. The quantitative estimate of drug-likeness (QED) is 0.900. The summed E-state index contributed by atoms with van der Waals surface area (Å²) in [6, 6.07) is 6.24. The molecule has 1 aromatic carbocycles. The van der Waals surface area contributed by atoms with E-state index in [1.54, 1.807) is 19.2 Å². The smallest absolute Gasteiger partial charge is 0.243 e. The van der Waals surface area contributed by atoms with Crippen LogP contribution in [0.2, 0.25) is 0 Å². The highest BCUT2D eigenvalue weighted by Crippen LogP contribution is 2.28. The van der Waals surface area contributed by atoms with Gasteiger partial charge in [0.1, 0.15) is 0 Å². The number of benzene rings is 1. The summed E-state index contributed by atoms with van der Waals surface area (Å²) in [6.45, 7) is 3.69. The molecule has 1 amide bonds. The largest absolute Gasteiger partial charge is 0.396 e. The number of hydrogen-bond acceptors (Lipinski definition) is 4. The van der Waals surface area contributed by atoms with E-state index in [1.165, 1.54) is 28.3 Å². The van der Waals surface area contributed by atoms with Gasteiger partial charge in [0.05, 0.1) is 4.90 Å². The second-order valence-electron chi connectivity index (χ2n) is 6.12. The molecule has 2 rings (SSSR count). The van der Waals surface area contributed by atoms with Gasteiger partial charge in [-0.15, -0.1) is 0 Å². The summed E-state index contributed by atoms with van der Waals surface area (Å²) in [4.78, 5) is 13.0. The van der Waals surface area contributed by atoms with Gasteiger partial charge in [-0.2, -0.15) is 4.31 Å². The molecule has 0 aromatic heterocycles. The van der Waals surface area contributed by atoms with E-state index in [-0.39, 0.29) is 29.4 Å². The van der Waals surface area contributed by atoms with Gasteiger partial charge in [-0.25, -0.2) is 8.42 Å². The molecule has 1 fully saturated rings. The number of sulfonamides is 1. The third-order valence-corrected chi connectivity index (χ3v) is 6.48. The molecule has 128 valence electrons. The highest BCUT2D eigenvalue weighted by atomic mass is 32.2. The zero-order valence-electron chi connectivity index (χ0n) is 13.8. The van der Waals surface area contributed by atoms with Crippen LogP contribution in [0.1, 0.15) is 26.7 Å². The summed E-state index contributed by atoms with van der Waals surface area (Å²) in [7, 11) is -1.95. The van der Waals surface area contributed by atoms with E-state index in [2.05, 4.69) is 0 Å². The lowest BCUT2D eigenvalue weighted by atomic mass is 9.96. The van der Waals surface area contributed by atoms with Crippen molar-refractivity contribution in [3.05, 3.63) is 24.3 Å². The van der Waals surface area contributed by atoms with Gasteiger partial charge in [0.2, 0.25) is 15.9 Å². The molecule has 1 aromatic rings. The number of anilines is 1. The van der Waals surface area contributed by atoms with Crippen molar-refractivity contribution in [1.29, 1.82) is 0 Å². The molecule has 0 saturated carbocycles. The van der Waals surface area contributed by atoms with Crippen LogP contribution in [0.5, 0.6) is 0 Å². The van der Waals surface area contributed by atoms with Crippen molar-refractivity contribution in [3.63, 3.8) is 0 Å². The molecular weight excluding hydrogens is 316 g/mol. The third-order valence-electron chi connectivity index (χ3n) is 4.48. The number of carbonyl (C=O) groups is 1. The average Bonchev–Trinajstić information content (AvgIpc) is 2.54. The Hall–Kier alpha value is -1.44. The van der Waals surface area contributed by atoms with E-state index in [1.807, 2.05) is 6.92 Å². The summed E-state index contributed by atoms with van der Waals surface area (Å²) >= 11 is 0. The van der Waals surface area contributed by atoms with E-state index in [9.17, 15) is 18.3 Å². The van der Waals surface area contributed by atoms with Gasteiger partial charge in [-0.05, 0) is 49.9 Å². The van der Waals surface area contributed by atoms with Crippen molar-refractivity contribution in [1.82, 2.24) is 4.31 Å². The second kappa shape index (κ2) is 6.98. The summed E-state index contributed by atoms with van der Waals surface area (Å²) in [6.07, 6.45) is 1.58. The first-order chi connectivity index (χ1) is 10.8. The normalized spacial score (nSPS) is 22.8. The summed E-state index contributed by atoms with van der Waals surface area (Å²) in [5, 5.41) is 9.32. The number of aliphatic hydroxyl groups excluding tert-OH is 1. The van der Waals surface area contributed by atoms with Crippen LogP contribution in [0.3, 0.4) is 0 Å². The molecule has 1 N–H and O–H groups in total. The number of piperidine rings is 1. The van der Waals surface area contributed by atoms with Gasteiger partial charge < -0.3 is 10.0 Å². The molecule has 1 aliphatic rings. The van der Waals surface area contributed by atoms with Gasteiger partial charge >= 0.3 is 0 Å². The van der Waals surface area contributed by atoms with Crippen molar-refractivity contribution in [2.24, 2.45) is 5.92 Å². The van der Waals surface area contributed by atoms with E-state index < -0.39 is 10.0 Å². The van der Waals surface area contributed by atoms with E-state index >= 15 is 0 Å². The standard InChI is InChI=1S/C16H24N2O4S/c1-12-4-5-14(11-19)10-18(12)23(21,22)16-8-6-15(7-9-16)17(3)13(2)20/h6-9,12,14,19H,4-5,10-11H2,1-3H3/t12-,14+/m0/s1. The first-order valence-electron chi connectivity index (χ1n) is 7.74. The van der Waals surface area contributed by atoms with E-state index in [0.29, 0.717) is 12.2 Å². The molecule has 7 heteroatoms. The Morgan fingerprint density at radius 3 is 2.43 bits per heavy atom. The van der Waals surface area contributed by atoms with Gasteiger partial charge in [0, 0.05) is 38.9 Å². The Balaban J connectivity index is 2.27. The Labute approximate surface area is 137 Å². The molecule has 0 bridgehead atoms. The lowest BCUT2D eigenvalue weighted by Crippen LogP contribution is -2.46. The van der Waals surface area contributed by atoms with Crippen LogP contribution in [0, 0.1) is 5.92 Å². The van der Waals surface area contributed by atoms with Crippen molar-refractivity contribution in [2.45, 2.75) is 37.6 Å². The zero-order valence-corrected chi connectivity index (χ0v) is 14.6. The highest BCUT2D eigenvalue weighted by Gasteiger charge is 2.34. The topological polar surface area (TPSA) is 77.9 Å². The van der Waals surface area contributed by atoms with Crippen LogP contribution in [0.25, 0.3) is 0 Å². The molecule has 1 aliphatic heterocycles. The fraction of sp³-hybridized carbons (Fsp3) is 0.562. The first-order valence-corrected chi connectivity index (χ1v) is 9.18. The maximum atomic E-state index is 12.8. The lowest BCUT2D eigenvalue weighted by Gasteiger charge is -2.36. The maximum absolute atomic E-state index is 12.8. The molecular formula is C16H24N2O4S. The maximum Gasteiger partial charge on any atom is 0.243 e. The monoisotopic (exact) mass is 340 g/mol. The molecule has 2 atom stereocenters. The lowest BCUT2D eigenvalue weighted by molar-refractivity contribution is -0.116. The highest BCUT2D eigenvalue weighted by molar-refractivity contribution is 7.89. The molecule has 1 heterocycles. The van der Waals surface area contributed by atoms with Crippen LogP contribution in [0.15, 0.2) is 29.2 Å². The van der Waals surface area contributed by atoms with E-state index in [0.717, 1.165) is 12.8 Å². The Morgan fingerprint density at radius 1 is 1.30 bits per heavy atom. The fourth-order valence-electron chi connectivity index (χ4n) is 2.79. The summed E-state index contributed by atoms with van der Waals surface area (Å²) in [5.41, 5.74) is 0.649. The molecule has 6 nitrogen and oxygen atoms in total. The molecule has 0 aliphatic carbocycles. The number of nitrogens with zero attached hydrogens (tertiary/aromatic N) is 2. The molecule has 0 radical (unpaired) electrons.